The monoisotopic (exact) mass is 274 g/mol. The highest BCUT2D eigenvalue weighted by atomic mass is 35.5. The van der Waals surface area contributed by atoms with E-state index in [2.05, 4.69) is 6.58 Å². The number of benzene rings is 2. The third-order valence-corrected chi connectivity index (χ3v) is 3.15. The SMILES string of the molecule is C=C(CO)c1cccc(OCc2ccccc2Cl)c1. The van der Waals surface area contributed by atoms with Crippen molar-refractivity contribution in [1.29, 1.82) is 0 Å². The average Bonchev–Trinajstić information content (AvgIpc) is 2.46. The van der Waals surface area contributed by atoms with Crippen molar-refractivity contribution in [2.75, 3.05) is 6.61 Å². The Morgan fingerprint density at radius 1 is 1.16 bits per heavy atom. The summed E-state index contributed by atoms with van der Waals surface area (Å²) >= 11 is 6.07. The predicted molar refractivity (Wildman–Crippen MR) is 78.3 cm³/mol. The molecule has 0 heterocycles. The van der Waals surface area contributed by atoms with Crippen molar-refractivity contribution in [2.24, 2.45) is 0 Å². The van der Waals surface area contributed by atoms with Crippen molar-refractivity contribution >= 4 is 17.2 Å². The van der Waals surface area contributed by atoms with Crippen LogP contribution in [0.25, 0.3) is 5.57 Å². The molecule has 19 heavy (non-hydrogen) atoms. The van der Waals surface area contributed by atoms with Gasteiger partial charge in [-0.05, 0) is 29.3 Å². The number of rotatable bonds is 5. The predicted octanol–water partition coefficient (Wildman–Crippen LogP) is 3.92. The molecule has 3 heteroatoms. The number of hydrogen-bond donors (Lipinski definition) is 1. The van der Waals surface area contributed by atoms with E-state index in [0.717, 1.165) is 16.9 Å². The van der Waals surface area contributed by atoms with E-state index in [4.69, 9.17) is 21.4 Å². The Labute approximate surface area is 117 Å². The van der Waals surface area contributed by atoms with Gasteiger partial charge in [-0.25, -0.2) is 0 Å². The zero-order valence-electron chi connectivity index (χ0n) is 10.5. The van der Waals surface area contributed by atoms with Crippen molar-refractivity contribution in [3.8, 4) is 5.75 Å². The number of halogens is 1. The largest absolute Gasteiger partial charge is 0.489 e. The molecule has 0 bridgehead atoms. The molecule has 0 radical (unpaired) electrons. The van der Waals surface area contributed by atoms with E-state index >= 15 is 0 Å². The third kappa shape index (κ3) is 3.60. The lowest BCUT2D eigenvalue weighted by atomic mass is 10.1. The molecule has 0 atom stereocenters. The first kappa shape index (κ1) is 13.7. The quantitative estimate of drug-likeness (QED) is 0.895. The van der Waals surface area contributed by atoms with E-state index in [0.29, 0.717) is 17.2 Å². The maximum atomic E-state index is 9.07. The van der Waals surface area contributed by atoms with Crippen LogP contribution in [0.2, 0.25) is 5.02 Å². The molecule has 0 aromatic heterocycles. The van der Waals surface area contributed by atoms with E-state index < -0.39 is 0 Å². The Bertz CT molecular complexity index is 578. The van der Waals surface area contributed by atoms with E-state index in [1.807, 2.05) is 48.5 Å². The van der Waals surface area contributed by atoms with Crippen LogP contribution in [0.5, 0.6) is 5.75 Å². The fourth-order valence-corrected chi connectivity index (χ4v) is 1.86. The molecule has 0 aliphatic rings. The first-order valence-corrected chi connectivity index (χ1v) is 6.34. The minimum atomic E-state index is -0.0615. The van der Waals surface area contributed by atoms with E-state index in [-0.39, 0.29) is 6.61 Å². The average molecular weight is 275 g/mol. The van der Waals surface area contributed by atoms with Crippen LogP contribution >= 0.6 is 11.6 Å². The molecule has 0 saturated carbocycles. The van der Waals surface area contributed by atoms with Gasteiger partial charge in [0, 0.05) is 10.6 Å². The van der Waals surface area contributed by atoms with Crippen molar-refractivity contribution in [1.82, 2.24) is 0 Å². The number of ether oxygens (including phenoxy) is 1. The van der Waals surface area contributed by atoms with Crippen molar-refractivity contribution in [2.45, 2.75) is 6.61 Å². The van der Waals surface area contributed by atoms with Crippen LogP contribution in [0, 0.1) is 0 Å². The molecule has 1 N–H and O–H groups in total. The second kappa shape index (κ2) is 6.41. The molecule has 0 amide bonds. The fraction of sp³-hybridized carbons (Fsp3) is 0.125. The number of aliphatic hydroxyl groups is 1. The van der Waals surface area contributed by atoms with E-state index in [9.17, 15) is 0 Å². The van der Waals surface area contributed by atoms with Gasteiger partial charge >= 0.3 is 0 Å². The molecule has 0 fully saturated rings. The normalized spacial score (nSPS) is 10.2. The van der Waals surface area contributed by atoms with E-state index in [1.165, 1.54) is 0 Å². The standard InChI is InChI=1S/C16H15ClO2/c1-12(10-18)13-6-4-7-15(9-13)19-11-14-5-2-3-8-16(14)17/h2-9,18H,1,10-11H2. The molecule has 2 nitrogen and oxygen atoms in total. The second-order valence-electron chi connectivity index (χ2n) is 4.17. The molecule has 0 spiro atoms. The van der Waals surface area contributed by atoms with Gasteiger partial charge in [-0.15, -0.1) is 0 Å². The maximum Gasteiger partial charge on any atom is 0.120 e. The highest BCUT2D eigenvalue weighted by Crippen LogP contribution is 2.21. The Hall–Kier alpha value is -1.77. The maximum absolute atomic E-state index is 9.07. The molecule has 98 valence electrons. The topological polar surface area (TPSA) is 29.5 Å². The molecular weight excluding hydrogens is 260 g/mol. The van der Waals surface area contributed by atoms with Crippen LogP contribution in [0.1, 0.15) is 11.1 Å². The second-order valence-corrected chi connectivity index (χ2v) is 4.58. The Balaban J connectivity index is 2.08. The molecule has 0 saturated heterocycles. The Kier molecular flexibility index (Phi) is 4.61. The van der Waals surface area contributed by atoms with Crippen LogP contribution in [-0.2, 0) is 6.61 Å². The lowest BCUT2D eigenvalue weighted by Gasteiger charge is -2.09. The molecule has 2 aromatic rings. The van der Waals surface area contributed by atoms with Crippen molar-refractivity contribution in [3.63, 3.8) is 0 Å². The summed E-state index contributed by atoms with van der Waals surface area (Å²) in [6, 6.07) is 15.1. The summed E-state index contributed by atoms with van der Waals surface area (Å²) < 4.78 is 5.70. The first-order valence-electron chi connectivity index (χ1n) is 5.96. The minimum Gasteiger partial charge on any atom is -0.489 e. The van der Waals surface area contributed by atoms with E-state index in [1.54, 1.807) is 0 Å². The smallest absolute Gasteiger partial charge is 0.120 e. The lowest BCUT2D eigenvalue weighted by Crippen LogP contribution is -1.97. The highest BCUT2D eigenvalue weighted by Gasteiger charge is 2.02. The van der Waals surface area contributed by atoms with Crippen LogP contribution in [0.3, 0.4) is 0 Å². The molecule has 0 aliphatic carbocycles. The van der Waals surface area contributed by atoms with Gasteiger partial charge in [0.2, 0.25) is 0 Å². The summed E-state index contributed by atoms with van der Waals surface area (Å²) in [5, 5.41) is 9.76. The third-order valence-electron chi connectivity index (χ3n) is 2.79. The van der Waals surface area contributed by atoms with Gasteiger partial charge < -0.3 is 9.84 Å². The summed E-state index contributed by atoms with van der Waals surface area (Å²) in [5.74, 6) is 0.729. The van der Waals surface area contributed by atoms with Gasteiger partial charge in [-0.3, -0.25) is 0 Å². The Morgan fingerprint density at radius 2 is 1.95 bits per heavy atom. The summed E-state index contributed by atoms with van der Waals surface area (Å²) in [4.78, 5) is 0. The molecular formula is C16H15ClO2. The number of aliphatic hydroxyl groups excluding tert-OH is 1. The highest BCUT2D eigenvalue weighted by molar-refractivity contribution is 6.31. The molecule has 0 aliphatic heterocycles. The van der Waals surface area contributed by atoms with Gasteiger partial charge in [-0.1, -0.05) is 48.5 Å². The van der Waals surface area contributed by atoms with Gasteiger partial charge in [-0.2, -0.15) is 0 Å². The van der Waals surface area contributed by atoms with Gasteiger partial charge in [0.25, 0.3) is 0 Å². The number of hydrogen-bond acceptors (Lipinski definition) is 2. The first-order chi connectivity index (χ1) is 9.20. The van der Waals surface area contributed by atoms with Crippen LogP contribution in [0.15, 0.2) is 55.1 Å². The van der Waals surface area contributed by atoms with Crippen molar-refractivity contribution < 1.29 is 9.84 Å². The van der Waals surface area contributed by atoms with Gasteiger partial charge in [0.05, 0.1) is 6.61 Å². The summed E-state index contributed by atoms with van der Waals surface area (Å²) in [6.45, 7) is 4.14. The zero-order chi connectivity index (χ0) is 13.7. The van der Waals surface area contributed by atoms with Crippen molar-refractivity contribution in [3.05, 3.63) is 71.3 Å². The summed E-state index contributed by atoms with van der Waals surface area (Å²) in [6.07, 6.45) is 0. The Morgan fingerprint density at radius 3 is 2.68 bits per heavy atom. The minimum absolute atomic E-state index is 0.0615. The lowest BCUT2D eigenvalue weighted by molar-refractivity contribution is 0.306. The molecule has 2 rings (SSSR count). The molecule has 2 aromatic carbocycles. The molecule has 0 unspecified atom stereocenters. The van der Waals surface area contributed by atoms with Crippen LogP contribution in [-0.4, -0.2) is 11.7 Å². The van der Waals surface area contributed by atoms with Gasteiger partial charge in [0.1, 0.15) is 12.4 Å². The zero-order valence-corrected chi connectivity index (χ0v) is 11.2. The van der Waals surface area contributed by atoms with Crippen LogP contribution in [0.4, 0.5) is 0 Å². The summed E-state index contributed by atoms with van der Waals surface area (Å²) in [5.41, 5.74) is 2.48. The fourth-order valence-electron chi connectivity index (χ4n) is 1.67. The van der Waals surface area contributed by atoms with Gasteiger partial charge in [0.15, 0.2) is 0 Å². The van der Waals surface area contributed by atoms with Crippen LogP contribution < -0.4 is 4.74 Å². The summed E-state index contributed by atoms with van der Waals surface area (Å²) in [7, 11) is 0.